The predicted molar refractivity (Wildman–Crippen MR) is 120 cm³/mol. The summed E-state index contributed by atoms with van der Waals surface area (Å²) in [7, 11) is -1.90. The zero-order valence-corrected chi connectivity index (χ0v) is 19.0. The minimum absolute atomic E-state index is 0.236. The number of nitrogens with zero attached hydrogens (tertiary/aromatic N) is 2. The lowest BCUT2D eigenvalue weighted by Crippen LogP contribution is -2.48. The molecule has 0 aliphatic carbocycles. The summed E-state index contributed by atoms with van der Waals surface area (Å²) in [6, 6.07) is 16.2. The first-order valence-electron chi connectivity index (χ1n) is 9.65. The molecule has 8 heteroatoms. The van der Waals surface area contributed by atoms with Crippen LogP contribution in [0.2, 0.25) is 0 Å². The molecule has 30 heavy (non-hydrogen) atoms. The zero-order valence-electron chi connectivity index (χ0n) is 16.6. The van der Waals surface area contributed by atoms with Crippen molar-refractivity contribution in [1.29, 1.82) is 0 Å². The van der Waals surface area contributed by atoms with E-state index in [9.17, 15) is 13.5 Å². The smallest absolute Gasteiger partial charge is 0.243 e. The molecule has 0 spiro atoms. The lowest BCUT2D eigenvalue weighted by Gasteiger charge is -2.34. The third kappa shape index (κ3) is 4.18. The molecule has 3 aromatic rings. The Morgan fingerprint density at radius 3 is 2.47 bits per heavy atom. The molecule has 1 aliphatic rings. The third-order valence-corrected chi connectivity index (χ3v) is 7.85. The van der Waals surface area contributed by atoms with Crippen LogP contribution in [0.3, 0.4) is 0 Å². The Bertz CT molecular complexity index is 1170. The summed E-state index contributed by atoms with van der Waals surface area (Å²) in [6.45, 7) is 2.54. The van der Waals surface area contributed by atoms with Crippen LogP contribution in [0, 0.1) is 0 Å². The van der Waals surface area contributed by atoms with Gasteiger partial charge in [-0.2, -0.15) is 4.31 Å². The summed E-state index contributed by atoms with van der Waals surface area (Å²) < 4.78 is 33.5. The van der Waals surface area contributed by atoms with Gasteiger partial charge in [-0.1, -0.05) is 34.1 Å². The molecule has 0 atom stereocenters. The zero-order chi connectivity index (χ0) is 21.3. The van der Waals surface area contributed by atoms with Crippen LogP contribution in [0.25, 0.3) is 10.8 Å². The first kappa shape index (κ1) is 21.1. The molecule has 0 bridgehead atoms. The Morgan fingerprint density at radius 1 is 1.03 bits per heavy atom. The van der Waals surface area contributed by atoms with Crippen molar-refractivity contribution in [2.45, 2.75) is 11.4 Å². The Labute approximate surface area is 184 Å². The lowest BCUT2D eigenvalue weighted by molar-refractivity contribution is 0.180. The second kappa shape index (κ2) is 8.55. The molecule has 3 aromatic carbocycles. The highest BCUT2D eigenvalue weighted by Crippen LogP contribution is 2.31. The van der Waals surface area contributed by atoms with Gasteiger partial charge in [0.25, 0.3) is 0 Å². The van der Waals surface area contributed by atoms with E-state index in [-0.39, 0.29) is 5.75 Å². The van der Waals surface area contributed by atoms with E-state index in [4.69, 9.17) is 4.74 Å². The second-order valence-corrected chi connectivity index (χ2v) is 10.1. The molecule has 6 nitrogen and oxygen atoms in total. The van der Waals surface area contributed by atoms with Crippen molar-refractivity contribution in [2.75, 3.05) is 33.3 Å². The van der Waals surface area contributed by atoms with E-state index < -0.39 is 10.0 Å². The molecule has 0 unspecified atom stereocenters. The number of phenols is 1. The molecule has 0 amide bonds. The molecule has 1 heterocycles. The van der Waals surface area contributed by atoms with Gasteiger partial charge in [0, 0.05) is 42.8 Å². The fourth-order valence-electron chi connectivity index (χ4n) is 3.77. The van der Waals surface area contributed by atoms with Gasteiger partial charge in [-0.15, -0.1) is 0 Å². The highest BCUT2D eigenvalue weighted by molar-refractivity contribution is 9.10. The Hall–Kier alpha value is -2.13. The summed E-state index contributed by atoms with van der Waals surface area (Å²) in [5.41, 5.74) is 0.828. The maximum atomic E-state index is 12.9. The molecule has 158 valence electrons. The molecular weight excluding hydrogens is 468 g/mol. The predicted octanol–water partition coefficient (Wildman–Crippen LogP) is 3.82. The first-order valence-corrected chi connectivity index (χ1v) is 11.9. The second-order valence-electron chi connectivity index (χ2n) is 7.29. The van der Waals surface area contributed by atoms with Gasteiger partial charge in [0.2, 0.25) is 10.0 Å². The Balaban J connectivity index is 1.51. The van der Waals surface area contributed by atoms with Crippen LogP contribution in [0.15, 0.2) is 64.0 Å². The molecule has 0 saturated carbocycles. The molecule has 1 fully saturated rings. The van der Waals surface area contributed by atoms with Crippen LogP contribution in [0.1, 0.15) is 5.56 Å². The molecule has 1 saturated heterocycles. The number of phenolic OH excluding ortho intramolecular Hbond substituents is 1. The number of hydrogen-bond donors (Lipinski definition) is 1. The average molecular weight is 491 g/mol. The monoisotopic (exact) mass is 490 g/mol. The van der Waals surface area contributed by atoms with Crippen molar-refractivity contribution in [2.24, 2.45) is 0 Å². The fourth-order valence-corrected chi connectivity index (χ4v) is 5.79. The van der Waals surface area contributed by atoms with Gasteiger partial charge in [-0.05, 0) is 47.2 Å². The number of ether oxygens (including phenoxy) is 1. The summed E-state index contributed by atoms with van der Waals surface area (Å²) in [6.07, 6.45) is 0. The largest absolute Gasteiger partial charge is 0.508 e. The number of piperazine rings is 1. The quantitative estimate of drug-likeness (QED) is 0.588. The highest BCUT2D eigenvalue weighted by atomic mass is 79.9. The topological polar surface area (TPSA) is 70.1 Å². The summed E-state index contributed by atoms with van der Waals surface area (Å²) in [4.78, 5) is 2.46. The Kier molecular flexibility index (Phi) is 6.02. The van der Waals surface area contributed by atoms with E-state index in [1.165, 1.54) is 4.31 Å². The van der Waals surface area contributed by atoms with Crippen molar-refractivity contribution in [3.8, 4) is 11.5 Å². The van der Waals surface area contributed by atoms with Gasteiger partial charge < -0.3 is 9.84 Å². The van der Waals surface area contributed by atoms with E-state index >= 15 is 0 Å². The number of aromatic hydroxyl groups is 1. The maximum absolute atomic E-state index is 12.9. The van der Waals surface area contributed by atoms with Crippen molar-refractivity contribution >= 4 is 36.7 Å². The van der Waals surface area contributed by atoms with Crippen molar-refractivity contribution in [3.05, 3.63) is 64.6 Å². The summed E-state index contributed by atoms with van der Waals surface area (Å²) in [5, 5.41) is 12.5. The van der Waals surface area contributed by atoms with Crippen LogP contribution < -0.4 is 4.74 Å². The maximum Gasteiger partial charge on any atom is 0.243 e. The van der Waals surface area contributed by atoms with Gasteiger partial charge in [-0.25, -0.2) is 8.42 Å². The minimum Gasteiger partial charge on any atom is -0.508 e. The van der Waals surface area contributed by atoms with E-state index in [1.54, 1.807) is 31.4 Å². The van der Waals surface area contributed by atoms with Crippen molar-refractivity contribution in [3.63, 3.8) is 0 Å². The van der Waals surface area contributed by atoms with Crippen LogP contribution in [0.4, 0.5) is 0 Å². The standard InChI is InChI=1S/C22H23BrN2O4S/c1-29-18-7-5-16-6-8-22(26)21(20(16)14-18)15-24-9-11-25(12-10-24)30(27,28)19-4-2-3-17(23)13-19/h2-8,13-14,26H,9-12,15H2,1H3. The summed E-state index contributed by atoms with van der Waals surface area (Å²) >= 11 is 3.34. The number of halogens is 1. The van der Waals surface area contributed by atoms with E-state index in [0.717, 1.165) is 26.6 Å². The Morgan fingerprint density at radius 2 is 1.77 bits per heavy atom. The number of benzene rings is 3. The molecule has 0 radical (unpaired) electrons. The SMILES string of the molecule is COc1ccc2ccc(O)c(CN3CCN(S(=O)(=O)c4cccc(Br)c4)CC3)c2c1. The normalized spacial score (nSPS) is 16.1. The molecule has 1 N–H and O–H groups in total. The number of rotatable bonds is 5. The number of hydrogen-bond acceptors (Lipinski definition) is 5. The molecular formula is C22H23BrN2O4S. The average Bonchev–Trinajstić information content (AvgIpc) is 2.76. The molecule has 0 aromatic heterocycles. The van der Waals surface area contributed by atoms with Gasteiger partial charge in [0.1, 0.15) is 11.5 Å². The number of methoxy groups -OCH3 is 1. The van der Waals surface area contributed by atoms with Crippen LogP contribution >= 0.6 is 15.9 Å². The number of fused-ring (bicyclic) bond motifs is 1. The van der Waals surface area contributed by atoms with Crippen LogP contribution in [-0.4, -0.2) is 56.0 Å². The fraction of sp³-hybridized carbons (Fsp3) is 0.273. The van der Waals surface area contributed by atoms with Crippen LogP contribution in [-0.2, 0) is 16.6 Å². The van der Waals surface area contributed by atoms with Gasteiger partial charge in [0.05, 0.1) is 12.0 Å². The van der Waals surface area contributed by atoms with Gasteiger partial charge >= 0.3 is 0 Å². The van der Waals surface area contributed by atoms with E-state index in [0.29, 0.717) is 37.6 Å². The van der Waals surface area contributed by atoms with Gasteiger partial charge in [0.15, 0.2) is 0 Å². The van der Waals surface area contributed by atoms with Crippen molar-refractivity contribution in [1.82, 2.24) is 9.21 Å². The third-order valence-electron chi connectivity index (χ3n) is 5.46. The van der Waals surface area contributed by atoms with E-state index in [1.807, 2.05) is 30.3 Å². The molecule has 1 aliphatic heterocycles. The lowest BCUT2D eigenvalue weighted by atomic mass is 10.0. The van der Waals surface area contributed by atoms with Crippen LogP contribution in [0.5, 0.6) is 11.5 Å². The minimum atomic E-state index is -3.52. The van der Waals surface area contributed by atoms with Gasteiger partial charge in [-0.3, -0.25) is 4.90 Å². The summed E-state index contributed by atoms with van der Waals surface area (Å²) in [5.74, 6) is 0.972. The highest BCUT2D eigenvalue weighted by Gasteiger charge is 2.29. The number of sulfonamides is 1. The van der Waals surface area contributed by atoms with Crippen molar-refractivity contribution < 1.29 is 18.3 Å². The van der Waals surface area contributed by atoms with E-state index in [2.05, 4.69) is 20.8 Å². The molecule has 4 rings (SSSR count). The first-order chi connectivity index (χ1) is 14.4.